The first-order valence-electron chi connectivity index (χ1n) is 6.72. The maximum atomic E-state index is 12.7. The highest BCUT2D eigenvalue weighted by Gasteiger charge is 2.37. The number of nitrogens with zero attached hydrogens (tertiary/aromatic N) is 1. The summed E-state index contributed by atoms with van der Waals surface area (Å²) in [6.45, 7) is 4.43. The van der Waals surface area contributed by atoms with Gasteiger partial charge in [0.2, 0.25) is 0 Å². The summed E-state index contributed by atoms with van der Waals surface area (Å²) in [5, 5.41) is 9.49. The minimum atomic E-state index is -3.45. The Balaban J connectivity index is 2.32. The van der Waals surface area contributed by atoms with Gasteiger partial charge in [0.15, 0.2) is 0 Å². The third-order valence-electron chi connectivity index (χ3n) is 3.80. The van der Waals surface area contributed by atoms with Gasteiger partial charge in [-0.05, 0) is 37.3 Å². The van der Waals surface area contributed by atoms with E-state index in [4.69, 9.17) is 0 Å². The van der Waals surface area contributed by atoms with Crippen LogP contribution in [0, 0.1) is 5.92 Å². The van der Waals surface area contributed by atoms with Crippen molar-refractivity contribution in [2.75, 3.05) is 13.2 Å². The molecule has 0 saturated carbocycles. The first-order chi connectivity index (χ1) is 9.00. The second-order valence-corrected chi connectivity index (χ2v) is 8.35. The molecule has 2 rings (SSSR count). The third kappa shape index (κ3) is 2.86. The molecule has 0 bridgehead atoms. The second kappa shape index (κ2) is 5.91. The van der Waals surface area contributed by atoms with Crippen molar-refractivity contribution in [3.05, 3.63) is 17.0 Å². The highest BCUT2D eigenvalue weighted by molar-refractivity contribution is 7.91. The molecule has 108 valence electrons. The van der Waals surface area contributed by atoms with E-state index in [2.05, 4.69) is 0 Å². The molecule has 4 nitrogen and oxygen atoms in total. The van der Waals surface area contributed by atoms with Gasteiger partial charge in [0.25, 0.3) is 10.0 Å². The number of piperidine rings is 1. The number of thiophene rings is 1. The summed E-state index contributed by atoms with van der Waals surface area (Å²) < 4.78 is 27.2. The predicted molar refractivity (Wildman–Crippen MR) is 76.9 cm³/mol. The van der Waals surface area contributed by atoms with Gasteiger partial charge in [0, 0.05) is 11.4 Å². The van der Waals surface area contributed by atoms with Crippen molar-refractivity contribution in [1.29, 1.82) is 0 Å². The maximum Gasteiger partial charge on any atom is 0.252 e. The van der Waals surface area contributed by atoms with Crippen LogP contribution in [0.4, 0.5) is 0 Å². The summed E-state index contributed by atoms with van der Waals surface area (Å²) in [4.78, 5) is 1.07. The topological polar surface area (TPSA) is 57.6 Å². The Kier molecular flexibility index (Phi) is 4.66. The minimum absolute atomic E-state index is 0.105. The van der Waals surface area contributed by atoms with Gasteiger partial charge in [0.05, 0.1) is 12.6 Å². The molecule has 1 aromatic heterocycles. The predicted octanol–water partition coefficient (Wildman–Crippen LogP) is 2.09. The van der Waals surface area contributed by atoms with Gasteiger partial charge in [-0.15, -0.1) is 11.3 Å². The zero-order valence-electron chi connectivity index (χ0n) is 11.4. The first-order valence-corrected chi connectivity index (χ1v) is 8.97. The SMILES string of the molecule is CCc1ccc(S(=O)(=O)N2CCCC(C)C2CO)s1. The van der Waals surface area contributed by atoms with Gasteiger partial charge in [-0.25, -0.2) is 8.42 Å². The molecular weight excluding hydrogens is 282 g/mol. The average Bonchev–Trinajstić information content (AvgIpc) is 2.87. The normalized spacial score (nSPS) is 25.6. The molecule has 2 atom stereocenters. The van der Waals surface area contributed by atoms with Gasteiger partial charge >= 0.3 is 0 Å². The fourth-order valence-corrected chi connectivity index (χ4v) is 5.76. The molecule has 1 saturated heterocycles. The Morgan fingerprint density at radius 1 is 1.47 bits per heavy atom. The molecule has 1 aliphatic rings. The van der Waals surface area contributed by atoms with E-state index in [1.807, 2.05) is 19.9 Å². The molecule has 0 amide bonds. The number of rotatable bonds is 4. The zero-order valence-corrected chi connectivity index (χ0v) is 13.0. The smallest absolute Gasteiger partial charge is 0.252 e. The molecule has 6 heteroatoms. The number of aryl methyl sites for hydroxylation is 1. The van der Waals surface area contributed by atoms with Crippen molar-refractivity contribution in [3.63, 3.8) is 0 Å². The summed E-state index contributed by atoms with van der Waals surface area (Å²) >= 11 is 1.34. The Morgan fingerprint density at radius 2 is 2.21 bits per heavy atom. The van der Waals surface area contributed by atoms with Crippen LogP contribution in [0.2, 0.25) is 0 Å². The average molecular weight is 303 g/mol. The molecular formula is C13H21NO3S2. The lowest BCUT2D eigenvalue weighted by Crippen LogP contribution is -2.49. The van der Waals surface area contributed by atoms with Crippen molar-refractivity contribution in [2.45, 2.75) is 43.4 Å². The second-order valence-electron chi connectivity index (χ2n) is 5.06. The molecule has 1 aromatic rings. The third-order valence-corrected chi connectivity index (χ3v) is 7.42. The lowest BCUT2D eigenvalue weighted by Gasteiger charge is -2.37. The molecule has 2 unspecified atom stereocenters. The Labute approximate surface area is 119 Å². The van der Waals surface area contributed by atoms with Crippen LogP contribution in [0.25, 0.3) is 0 Å². The number of aliphatic hydroxyl groups is 1. The van der Waals surface area contributed by atoms with E-state index in [0.717, 1.165) is 24.1 Å². The monoisotopic (exact) mass is 303 g/mol. The van der Waals surface area contributed by atoms with Gasteiger partial charge < -0.3 is 5.11 Å². The van der Waals surface area contributed by atoms with E-state index in [-0.39, 0.29) is 18.6 Å². The fraction of sp³-hybridized carbons (Fsp3) is 0.692. The minimum Gasteiger partial charge on any atom is -0.395 e. The number of hydrogen-bond acceptors (Lipinski definition) is 4. The van der Waals surface area contributed by atoms with E-state index in [1.165, 1.54) is 15.6 Å². The van der Waals surface area contributed by atoms with Crippen LogP contribution in [0.5, 0.6) is 0 Å². The summed E-state index contributed by atoms with van der Waals surface area (Å²) in [6, 6.07) is 3.27. The zero-order chi connectivity index (χ0) is 14.0. The standard InChI is InChI=1S/C13H21NO3S2/c1-3-11-6-7-13(18-11)19(16,17)14-8-4-5-10(2)12(14)9-15/h6-7,10,12,15H,3-5,8-9H2,1-2H3. The lowest BCUT2D eigenvalue weighted by molar-refractivity contribution is 0.113. The quantitative estimate of drug-likeness (QED) is 0.926. The Morgan fingerprint density at radius 3 is 2.79 bits per heavy atom. The summed E-state index contributed by atoms with van der Waals surface area (Å²) in [5.74, 6) is 0.208. The van der Waals surface area contributed by atoms with Gasteiger partial charge in [-0.3, -0.25) is 0 Å². The van der Waals surface area contributed by atoms with Crippen LogP contribution < -0.4 is 0 Å². The van der Waals surface area contributed by atoms with Gasteiger partial charge in [0.1, 0.15) is 4.21 Å². The number of aliphatic hydroxyl groups excluding tert-OH is 1. The molecule has 0 aromatic carbocycles. The highest BCUT2D eigenvalue weighted by Crippen LogP contribution is 2.31. The molecule has 0 radical (unpaired) electrons. The molecule has 2 heterocycles. The van der Waals surface area contributed by atoms with Crippen molar-refractivity contribution in [3.8, 4) is 0 Å². The fourth-order valence-electron chi connectivity index (χ4n) is 2.58. The molecule has 1 N–H and O–H groups in total. The van der Waals surface area contributed by atoms with E-state index in [1.54, 1.807) is 6.07 Å². The van der Waals surface area contributed by atoms with Crippen molar-refractivity contribution in [1.82, 2.24) is 4.31 Å². The molecule has 0 aliphatic carbocycles. The molecule has 0 spiro atoms. The van der Waals surface area contributed by atoms with E-state index >= 15 is 0 Å². The highest BCUT2D eigenvalue weighted by atomic mass is 32.2. The maximum absolute atomic E-state index is 12.7. The van der Waals surface area contributed by atoms with E-state index < -0.39 is 10.0 Å². The molecule has 1 aliphatic heterocycles. The summed E-state index contributed by atoms with van der Waals surface area (Å²) in [7, 11) is -3.45. The van der Waals surface area contributed by atoms with Crippen molar-refractivity contribution < 1.29 is 13.5 Å². The van der Waals surface area contributed by atoms with Crippen LogP contribution in [-0.4, -0.2) is 37.0 Å². The largest absolute Gasteiger partial charge is 0.395 e. The van der Waals surface area contributed by atoms with Crippen LogP contribution in [0.1, 0.15) is 31.6 Å². The molecule has 1 fully saturated rings. The van der Waals surface area contributed by atoms with Crippen molar-refractivity contribution in [2.24, 2.45) is 5.92 Å². The van der Waals surface area contributed by atoms with Gasteiger partial charge in [-0.1, -0.05) is 13.8 Å². The number of hydrogen-bond donors (Lipinski definition) is 1. The van der Waals surface area contributed by atoms with E-state index in [0.29, 0.717) is 10.8 Å². The molecule has 19 heavy (non-hydrogen) atoms. The Bertz CT molecular complexity index is 524. The van der Waals surface area contributed by atoms with Crippen LogP contribution in [0.15, 0.2) is 16.3 Å². The summed E-state index contributed by atoms with van der Waals surface area (Å²) in [5.41, 5.74) is 0. The number of sulfonamides is 1. The lowest BCUT2D eigenvalue weighted by atomic mass is 9.93. The summed E-state index contributed by atoms with van der Waals surface area (Å²) in [6.07, 6.45) is 2.69. The van der Waals surface area contributed by atoms with E-state index in [9.17, 15) is 13.5 Å². The Hall–Kier alpha value is -0.430. The van der Waals surface area contributed by atoms with Crippen LogP contribution in [-0.2, 0) is 16.4 Å². The van der Waals surface area contributed by atoms with Crippen molar-refractivity contribution >= 4 is 21.4 Å². The first kappa shape index (κ1) is 15.0. The van der Waals surface area contributed by atoms with Crippen LogP contribution >= 0.6 is 11.3 Å². The van der Waals surface area contributed by atoms with Crippen LogP contribution in [0.3, 0.4) is 0 Å². The van der Waals surface area contributed by atoms with Gasteiger partial charge in [-0.2, -0.15) is 4.31 Å².